The molecule has 0 aliphatic rings. The van der Waals surface area contributed by atoms with Gasteiger partial charge < -0.3 is 20.8 Å². The average Bonchev–Trinajstić information content (AvgIpc) is 3.07. The standard InChI is InChI=1S/C37H33N3O7S/c1-24-11-15-30(16-12-24)48(46,47)39(2)23-35(42)40(29-14-18-32(37(44)45)34(41)21-29)22-25-13-17-31(27-9-6-10-28(20-27)36(38)43)33(19-25)26-7-4-3-5-8-26/h3-21,41H,22-23H2,1-2H3,(H2,38,43)(H,44,45). The van der Waals surface area contributed by atoms with Crippen LogP contribution in [0.3, 0.4) is 0 Å². The highest BCUT2D eigenvalue weighted by atomic mass is 32.2. The number of hydrogen-bond acceptors (Lipinski definition) is 6. The highest BCUT2D eigenvalue weighted by Crippen LogP contribution is 2.35. The van der Waals surface area contributed by atoms with Gasteiger partial charge in [0.15, 0.2) is 0 Å². The van der Waals surface area contributed by atoms with Crippen LogP contribution in [-0.2, 0) is 21.4 Å². The summed E-state index contributed by atoms with van der Waals surface area (Å²) in [6.07, 6.45) is 0. The molecule has 244 valence electrons. The van der Waals surface area contributed by atoms with Crippen LogP contribution in [0.4, 0.5) is 5.69 Å². The van der Waals surface area contributed by atoms with E-state index in [0.29, 0.717) is 11.1 Å². The third-order valence-corrected chi connectivity index (χ3v) is 9.70. The second-order valence-electron chi connectivity index (χ2n) is 11.3. The molecule has 0 aliphatic carbocycles. The lowest BCUT2D eigenvalue weighted by Gasteiger charge is -2.26. The topological polar surface area (TPSA) is 158 Å². The lowest BCUT2D eigenvalue weighted by Crippen LogP contribution is -2.41. The van der Waals surface area contributed by atoms with Crippen LogP contribution in [0.25, 0.3) is 22.3 Å². The van der Waals surface area contributed by atoms with E-state index in [4.69, 9.17) is 5.73 Å². The van der Waals surface area contributed by atoms with E-state index in [9.17, 15) is 33.0 Å². The van der Waals surface area contributed by atoms with Crippen LogP contribution in [0.1, 0.15) is 31.8 Å². The van der Waals surface area contributed by atoms with Crippen LogP contribution in [0, 0.1) is 6.92 Å². The number of nitrogens with zero attached hydrogens (tertiary/aromatic N) is 2. The highest BCUT2D eigenvalue weighted by Gasteiger charge is 2.27. The lowest BCUT2D eigenvalue weighted by molar-refractivity contribution is -0.118. The van der Waals surface area contributed by atoms with Crippen LogP contribution in [0.15, 0.2) is 120 Å². The molecule has 0 saturated carbocycles. The Morgan fingerprint density at radius 1 is 0.771 bits per heavy atom. The van der Waals surface area contributed by atoms with Crippen molar-refractivity contribution in [3.05, 3.63) is 138 Å². The molecule has 0 fully saturated rings. The lowest BCUT2D eigenvalue weighted by atomic mass is 9.92. The minimum Gasteiger partial charge on any atom is -0.507 e. The Balaban J connectivity index is 1.56. The van der Waals surface area contributed by atoms with Crippen molar-refractivity contribution in [3.63, 3.8) is 0 Å². The van der Waals surface area contributed by atoms with E-state index in [-0.39, 0.29) is 22.7 Å². The van der Waals surface area contributed by atoms with E-state index in [1.165, 1.54) is 36.2 Å². The van der Waals surface area contributed by atoms with Crippen molar-refractivity contribution < 1.29 is 33.0 Å². The summed E-state index contributed by atoms with van der Waals surface area (Å²) in [7, 11) is -2.72. The second kappa shape index (κ2) is 13.9. The van der Waals surface area contributed by atoms with E-state index < -0.39 is 40.1 Å². The fraction of sp³-hybridized carbons (Fsp3) is 0.108. The summed E-state index contributed by atoms with van der Waals surface area (Å²) >= 11 is 0. The van der Waals surface area contributed by atoms with Gasteiger partial charge in [-0.25, -0.2) is 13.2 Å². The van der Waals surface area contributed by atoms with Gasteiger partial charge in [0.2, 0.25) is 21.8 Å². The summed E-state index contributed by atoms with van der Waals surface area (Å²) in [5.41, 5.74) is 10.5. The number of aromatic carboxylic acids is 1. The average molecular weight is 664 g/mol. The van der Waals surface area contributed by atoms with Crippen molar-refractivity contribution >= 4 is 33.5 Å². The number of carbonyl (C=O) groups is 3. The van der Waals surface area contributed by atoms with E-state index in [1.807, 2.05) is 55.5 Å². The normalized spacial score (nSPS) is 11.3. The summed E-state index contributed by atoms with van der Waals surface area (Å²) in [5, 5.41) is 19.9. The molecule has 5 rings (SSSR count). The van der Waals surface area contributed by atoms with E-state index in [2.05, 4.69) is 0 Å². The molecule has 0 bridgehead atoms. The van der Waals surface area contributed by atoms with Gasteiger partial charge >= 0.3 is 5.97 Å². The van der Waals surface area contributed by atoms with Gasteiger partial charge in [-0.3, -0.25) is 9.59 Å². The number of phenols is 1. The third-order valence-electron chi connectivity index (χ3n) is 7.88. The van der Waals surface area contributed by atoms with Crippen molar-refractivity contribution in [1.82, 2.24) is 4.31 Å². The molecule has 0 saturated heterocycles. The van der Waals surface area contributed by atoms with Gasteiger partial charge in [0.05, 0.1) is 18.0 Å². The SMILES string of the molecule is Cc1ccc(S(=O)(=O)N(C)CC(=O)N(Cc2ccc(-c3cccc(C(N)=O)c3)c(-c3ccccc3)c2)c2ccc(C(=O)O)c(O)c2)cc1. The monoisotopic (exact) mass is 663 g/mol. The number of hydrogen-bond donors (Lipinski definition) is 3. The van der Waals surface area contributed by atoms with Gasteiger partial charge in [-0.1, -0.05) is 72.3 Å². The molecule has 0 heterocycles. The number of carboxylic acid groups (broad SMARTS) is 1. The maximum atomic E-state index is 13.9. The number of aryl methyl sites for hydroxylation is 1. The molecule has 0 aliphatic heterocycles. The predicted octanol–water partition coefficient (Wildman–Crippen LogP) is 5.69. The van der Waals surface area contributed by atoms with Crippen molar-refractivity contribution in [2.75, 3.05) is 18.5 Å². The van der Waals surface area contributed by atoms with E-state index in [1.54, 1.807) is 36.4 Å². The number of primary amides is 1. The highest BCUT2D eigenvalue weighted by molar-refractivity contribution is 7.89. The molecular formula is C37H33N3O7S. The summed E-state index contributed by atoms with van der Waals surface area (Å²) < 4.78 is 27.6. The van der Waals surface area contributed by atoms with Crippen LogP contribution in [-0.4, -0.2) is 54.3 Å². The van der Waals surface area contributed by atoms with Gasteiger partial charge in [-0.2, -0.15) is 4.31 Å². The fourth-order valence-electron chi connectivity index (χ4n) is 5.26. The Bertz CT molecular complexity index is 2120. The van der Waals surface area contributed by atoms with Gasteiger partial charge in [0.1, 0.15) is 11.3 Å². The summed E-state index contributed by atoms with van der Waals surface area (Å²) in [6.45, 7) is 1.24. The smallest absolute Gasteiger partial charge is 0.339 e. The molecular weight excluding hydrogens is 630 g/mol. The number of aromatic hydroxyl groups is 1. The Labute approximate surface area is 278 Å². The number of anilines is 1. The number of nitrogens with two attached hydrogens (primary N) is 1. The molecule has 0 unspecified atom stereocenters. The molecule has 4 N–H and O–H groups in total. The zero-order valence-electron chi connectivity index (χ0n) is 26.2. The zero-order chi connectivity index (χ0) is 34.6. The molecule has 0 radical (unpaired) electrons. The fourth-order valence-corrected chi connectivity index (χ4v) is 6.38. The maximum Gasteiger partial charge on any atom is 0.339 e. The molecule has 2 amide bonds. The predicted molar refractivity (Wildman–Crippen MR) is 183 cm³/mol. The van der Waals surface area contributed by atoms with Crippen molar-refractivity contribution in [2.24, 2.45) is 5.73 Å². The van der Waals surface area contributed by atoms with E-state index >= 15 is 0 Å². The second-order valence-corrected chi connectivity index (χ2v) is 13.3. The number of carboxylic acids is 1. The Hall–Kier alpha value is -5.78. The molecule has 0 atom stereocenters. The van der Waals surface area contributed by atoms with Crippen molar-refractivity contribution in [3.8, 4) is 28.0 Å². The van der Waals surface area contributed by atoms with Crippen LogP contribution in [0.2, 0.25) is 0 Å². The molecule has 0 aromatic heterocycles. The molecule has 5 aromatic rings. The Morgan fingerprint density at radius 3 is 2.10 bits per heavy atom. The number of amides is 2. The first kappa shape index (κ1) is 33.6. The molecule has 11 heteroatoms. The van der Waals surface area contributed by atoms with Gasteiger partial charge in [0.25, 0.3) is 0 Å². The Kier molecular flexibility index (Phi) is 9.74. The molecule has 48 heavy (non-hydrogen) atoms. The molecule has 0 spiro atoms. The molecule has 5 aromatic carbocycles. The Morgan fingerprint density at radius 2 is 1.46 bits per heavy atom. The number of likely N-dealkylation sites (N-methyl/N-ethyl adjacent to an activating group) is 1. The number of rotatable bonds is 11. The zero-order valence-corrected chi connectivity index (χ0v) is 27.0. The summed E-state index contributed by atoms with van der Waals surface area (Å²) in [4.78, 5) is 38.8. The van der Waals surface area contributed by atoms with Crippen molar-refractivity contribution in [1.29, 1.82) is 0 Å². The molecule has 10 nitrogen and oxygen atoms in total. The van der Waals surface area contributed by atoms with Crippen LogP contribution < -0.4 is 10.6 Å². The van der Waals surface area contributed by atoms with Crippen LogP contribution in [0.5, 0.6) is 5.75 Å². The minimum atomic E-state index is -4.03. The third kappa shape index (κ3) is 7.27. The summed E-state index contributed by atoms with van der Waals surface area (Å²) in [5.74, 6) is -3.07. The summed E-state index contributed by atoms with van der Waals surface area (Å²) in [6, 6.07) is 32.0. The number of carbonyl (C=O) groups excluding carboxylic acids is 2. The van der Waals surface area contributed by atoms with Gasteiger partial charge in [-0.15, -0.1) is 0 Å². The minimum absolute atomic E-state index is 0.0295. The first-order valence-electron chi connectivity index (χ1n) is 14.8. The first-order chi connectivity index (χ1) is 22.8. The maximum absolute atomic E-state index is 13.9. The van der Waals surface area contributed by atoms with Crippen LogP contribution >= 0.6 is 0 Å². The van der Waals surface area contributed by atoms with Gasteiger partial charge in [-0.05, 0) is 77.2 Å². The largest absolute Gasteiger partial charge is 0.507 e. The van der Waals surface area contributed by atoms with Gasteiger partial charge in [0, 0.05) is 24.4 Å². The number of sulfonamides is 1. The number of benzene rings is 5. The van der Waals surface area contributed by atoms with E-state index in [0.717, 1.165) is 38.2 Å². The quantitative estimate of drug-likeness (QED) is 0.164. The van der Waals surface area contributed by atoms with Crippen molar-refractivity contribution in [2.45, 2.75) is 18.4 Å². The first-order valence-corrected chi connectivity index (χ1v) is 16.3.